The van der Waals surface area contributed by atoms with Crippen LogP contribution in [0.3, 0.4) is 0 Å². The molecule has 5 nitrogen and oxygen atoms in total. The monoisotopic (exact) mass is 308 g/mol. The topological polar surface area (TPSA) is 67.4 Å². The van der Waals surface area contributed by atoms with E-state index in [9.17, 15) is 12.8 Å². The predicted molar refractivity (Wildman–Crippen MR) is 69.2 cm³/mol. The van der Waals surface area contributed by atoms with Crippen LogP contribution in [-0.2, 0) is 14.8 Å². The van der Waals surface area contributed by atoms with Crippen LogP contribution in [0.5, 0.6) is 0 Å². The maximum Gasteiger partial charge on any atom is 0.242 e. The minimum absolute atomic E-state index is 0.0170. The molecule has 8 heteroatoms. The molecule has 1 unspecified atom stereocenters. The molecule has 0 bridgehead atoms. The van der Waals surface area contributed by atoms with Crippen molar-refractivity contribution in [3.8, 4) is 0 Å². The van der Waals surface area contributed by atoms with E-state index >= 15 is 0 Å². The van der Waals surface area contributed by atoms with E-state index in [1.165, 1.54) is 6.07 Å². The first-order valence-electron chi connectivity index (χ1n) is 5.76. The number of sulfonamides is 1. The van der Waals surface area contributed by atoms with Crippen molar-refractivity contribution < 1.29 is 17.5 Å². The van der Waals surface area contributed by atoms with Crippen LogP contribution in [-0.4, -0.2) is 40.8 Å². The van der Waals surface area contributed by atoms with E-state index < -0.39 is 15.8 Å². The van der Waals surface area contributed by atoms with Crippen LogP contribution >= 0.6 is 11.6 Å². The fourth-order valence-electron chi connectivity index (χ4n) is 1.71. The van der Waals surface area contributed by atoms with Crippen LogP contribution in [0.1, 0.15) is 0 Å². The molecule has 1 aliphatic heterocycles. The van der Waals surface area contributed by atoms with Gasteiger partial charge in [-0.3, -0.25) is 0 Å². The summed E-state index contributed by atoms with van der Waals surface area (Å²) >= 11 is 5.77. The highest BCUT2D eigenvalue weighted by atomic mass is 35.5. The average molecular weight is 309 g/mol. The van der Waals surface area contributed by atoms with Gasteiger partial charge in [-0.05, 0) is 18.2 Å². The van der Waals surface area contributed by atoms with Gasteiger partial charge in [0.2, 0.25) is 10.0 Å². The van der Waals surface area contributed by atoms with Gasteiger partial charge in [0.15, 0.2) is 0 Å². The smallest absolute Gasteiger partial charge is 0.242 e. The van der Waals surface area contributed by atoms with E-state index in [4.69, 9.17) is 16.3 Å². The minimum Gasteiger partial charge on any atom is -0.374 e. The summed E-state index contributed by atoms with van der Waals surface area (Å²) in [6.45, 7) is 1.97. The number of morpholine rings is 1. The van der Waals surface area contributed by atoms with Crippen molar-refractivity contribution in [3.63, 3.8) is 0 Å². The van der Waals surface area contributed by atoms with E-state index in [2.05, 4.69) is 10.0 Å². The summed E-state index contributed by atoms with van der Waals surface area (Å²) in [4.78, 5) is -0.266. The molecular formula is C11H14ClFN2O3S. The summed E-state index contributed by atoms with van der Waals surface area (Å²) in [5, 5.41) is 3.07. The van der Waals surface area contributed by atoms with Gasteiger partial charge in [0.25, 0.3) is 0 Å². The molecule has 2 rings (SSSR count). The molecule has 0 saturated carbocycles. The third-order valence-electron chi connectivity index (χ3n) is 2.69. The Kier molecular flexibility index (Phi) is 4.75. The van der Waals surface area contributed by atoms with E-state index in [1.54, 1.807) is 0 Å². The zero-order chi connectivity index (χ0) is 13.9. The molecule has 2 N–H and O–H groups in total. The number of nitrogens with one attached hydrogen (secondary N) is 2. The van der Waals surface area contributed by atoms with Crippen molar-refractivity contribution in [3.05, 3.63) is 29.0 Å². The second kappa shape index (κ2) is 6.15. The van der Waals surface area contributed by atoms with Gasteiger partial charge in [0.1, 0.15) is 10.7 Å². The molecule has 1 atom stereocenters. The molecule has 1 aromatic rings. The van der Waals surface area contributed by atoms with Gasteiger partial charge in [0, 0.05) is 19.6 Å². The minimum atomic E-state index is -3.84. The van der Waals surface area contributed by atoms with E-state index in [-0.39, 0.29) is 22.6 Å². The molecule has 1 aromatic carbocycles. The molecule has 19 heavy (non-hydrogen) atoms. The number of hydrogen-bond acceptors (Lipinski definition) is 4. The largest absolute Gasteiger partial charge is 0.374 e. The van der Waals surface area contributed by atoms with Crippen molar-refractivity contribution in [1.82, 2.24) is 10.0 Å². The van der Waals surface area contributed by atoms with Crippen molar-refractivity contribution in [1.29, 1.82) is 0 Å². The van der Waals surface area contributed by atoms with E-state index in [1.807, 2.05) is 0 Å². The molecule has 0 amide bonds. The van der Waals surface area contributed by atoms with Crippen LogP contribution in [0.15, 0.2) is 23.1 Å². The Bertz CT molecular complexity index is 547. The number of halogens is 2. The zero-order valence-corrected chi connectivity index (χ0v) is 11.6. The second-order valence-electron chi connectivity index (χ2n) is 4.12. The first-order chi connectivity index (χ1) is 8.99. The van der Waals surface area contributed by atoms with E-state index in [0.29, 0.717) is 13.2 Å². The van der Waals surface area contributed by atoms with Crippen LogP contribution < -0.4 is 10.0 Å². The highest BCUT2D eigenvalue weighted by Gasteiger charge is 2.21. The summed E-state index contributed by atoms with van der Waals surface area (Å²) < 4.78 is 44.8. The number of ether oxygens (including phenoxy) is 1. The van der Waals surface area contributed by atoms with Gasteiger partial charge in [-0.1, -0.05) is 11.6 Å². The third kappa shape index (κ3) is 3.87. The van der Waals surface area contributed by atoms with Crippen molar-refractivity contribution in [2.24, 2.45) is 0 Å². The first-order valence-corrected chi connectivity index (χ1v) is 7.62. The first kappa shape index (κ1) is 14.7. The summed E-state index contributed by atoms with van der Waals surface area (Å²) in [6.07, 6.45) is -0.240. The van der Waals surface area contributed by atoms with Gasteiger partial charge < -0.3 is 10.1 Å². The maximum absolute atomic E-state index is 13.1. The van der Waals surface area contributed by atoms with Crippen molar-refractivity contribution in [2.75, 3.05) is 26.2 Å². The lowest BCUT2D eigenvalue weighted by Gasteiger charge is -2.23. The number of hydrogen-bond donors (Lipinski definition) is 2. The van der Waals surface area contributed by atoms with Crippen LogP contribution in [0.4, 0.5) is 4.39 Å². The highest BCUT2D eigenvalue weighted by Crippen LogP contribution is 2.21. The van der Waals surface area contributed by atoms with Gasteiger partial charge >= 0.3 is 0 Å². The number of benzene rings is 1. The van der Waals surface area contributed by atoms with Crippen molar-refractivity contribution >= 4 is 21.6 Å². The maximum atomic E-state index is 13.1. The molecule has 0 spiro atoms. The molecular weight excluding hydrogens is 295 g/mol. The lowest BCUT2D eigenvalue weighted by molar-refractivity contribution is 0.0324. The Balaban J connectivity index is 2.07. The Morgan fingerprint density at radius 1 is 1.53 bits per heavy atom. The fourth-order valence-corrected chi connectivity index (χ4v) is 3.29. The van der Waals surface area contributed by atoms with Crippen LogP contribution in [0.2, 0.25) is 5.02 Å². The second-order valence-corrected chi connectivity index (χ2v) is 6.27. The Labute approximate surface area is 116 Å². The molecule has 1 aliphatic rings. The predicted octanol–water partition coefficient (Wildman–Crippen LogP) is 0.746. The highest BCUT2D eigenvalue weighted by molar-refractivity contribution is 7.89. The molecule has 0 aromatic heterocycles. The molecule has 1 fully saturated rings. The lowest BCUT2D eigenvalue weighted by atomic mass is 10.3. The van der Waals surface area contributed by atoms with Gasteiger partial charge in [0.05, 0.1) is 17.7 Å². The van der Waals surface area contributed by atoms with Crippen LogP contribution in [0.25, 0.3) is 0 Å². The SMILES string of the molecule is O=S(=O)(NCC1CNCCO1)c1cc(F)ccc1Cl. The molecule has 1 heterocycles. The van der Waals surface area contributed by atoms with Crippen molar-refractivity contribution in [2.45, 2.75) is 11.0 Å². The zero-order valence-electron chi connectivity index (χ0n) is 10.0. The normalized spacial score (nSPS) is 20.4. The standard InChI is InChI=1S/C11H14ClFN2O3S/c12-10-2-1-8(13)5-11(10)19(16,17)15-7-9-6-14-3-4-18-9/h1-2,5,9,14-15H,3-4,6-7H2. The lowest BCUT2D eigenvalue weighted by Crippen LogP contribution is -2.45. The number of rotatable bonds is 4. The van der Waals surface area contributed by atoms with Crippen LogP contribution in [0, 0.1) is 5.82 Å². The molecule has 0 aliphatic carbocycles. The molecule has 0 radical (unpaired) electrons. The van der Waals surface area contributed by atoms with Gasteiger partial charge in [-0.2, -0.15) is 0 Å². The van der Waals surface area contributed by atoms with Gasteiger partial charge in [-0.15, -0.1) is 0 Å². The quantitative estimate of drug-likeness (QED) is 0.861. The Morgan fingerprint density at radius 3 is 3.00 bits per heavy atom. The summed E-state index contributed by atoms with van der Waals surface area (Å²) in [6, 6.07) is 3.21. The third-order valence-corrected chi connectivity index (χ3v) is 4.59. The fraction of sp³-hybridized carbons (Fsp3) is 0.455. The Hall–Kier alpha value is -0.730. The summed E-state index contributed by atoms with van der Waals surface area (Å²) in [5.41, 5.74) is 0. The summed E-state index contributed by atoms with van der Waals surface area (Å²) in [7, 11) is -3.84. The van der Waals surface area contributed by atoms with Gasteiger partial charge in [-0.25, -0.2) is 17.5 Å². The Morgan fingerprint density at radius 2 is 2.32 bits per heavy atom. The average Bonchev–Trinajstić information content (AvgIpc) is 2.40. The summed E-state index contributed by atoms with van der Waals surface area (Å²) in [5.74, 6) is -0.652. The molecule has 1 saturated heterocycles. The van der Waals surface area contributed by atoms with E-state index in [0.717, 1.165) is 18.7 Å². The molecule has 106 valence electrons.